The van der Waals surface area contributed by atoms with Crippen LogP contribution in [0.25, 0.3) is 0 Å². The Bertz CT molecular complexity index is 1100. The molecule has 3 amide bonds. The van der Waals surface area contributed by atoms with Crippen molar-refractivity contribution >= 4 is 23.4 Å². The Morgan fingerprint density at radius 1 is 0.800 bits per heavy atom. The summed E-state index contributed by atoms with van der Waals surface area (Å²) in [5.74, 6) is -0.781. The lowest BCUT2D eigenvalue weighted by Crippen LogP contribution is -2.61. The zero-order valence-electron chi connectivity index (χ0n) is 19.9. The second-order valence-corrected chi connectivity index (χ2v) is 8.94. The molecule has 1 fully saturated rings. The van der Waals surface area contributed by atoms with Crippen molar-refractivity contribution in [1.82, 2.24) is 10.6 Å². The van der Waals surface area contributed by atoms with Crippen LogP contribution in [0.3, 0.4) is 0 Å². The average Bonchev–Trinajstić information content (AvgIpc) is 3.38. The van der Waals surface area contributed by atoms with Crippen LogP contribution >= 0.6 is 0 Å². The molecule has 0 atom stereocenters. The van der Waals surface area contributed by atoms with Crippen LogP contribution < -0.4 is 15.5 Å². The van der Waals surface area contributed by atoms with Gasteiger partial charge in [0.25, 0.3) is 0 Å². The lowest BCUT2D eigenvalue weighted by molar-refractivity contribution is -0.131. The van der Waals surface area contributed by atoms with Crippen molar-refractivity contribution in [3.05, 3.63) is 102 Å². The monoisotopic (exact) mass is 469 g/mol. The number of hydrogen-bond donors (Lipinski definition) is 2. The van der Waals surface area contributed by atoms with Gasteiger partial charge in [-0.3, -0.25) is 19.3 Å². The molecule has 0 heterocycles. The molecule has 2 N–H and O–H groups in total. The van der Waals surface area contributed by atoms with Gasteiger partial charge in [0.2, 0.25) is 17.7 Å². The van der Waals surface area contributed by atoms with Crippen LogP contribution in [0.2, 0.25) is 0 Å². The van der Waals surface area contributed by atoms with E-state index in [1.165, 1.54) is 6.92 Å². The predicted molar refractivity (Wildman–Crippen MR) is 137 cm³/mol. The molecule has 1 aliphatic rings. The van der Waals surface area contributed by atoms with Gasteiger partial charge >= 0.3 is 0 Å². The van der Waals surface area contributed by atoms with Crippen molar-refractivity contribution < 1.29 is 14.4 Å². The second-order valence-electron chi connectivity index (χ2n) is 8.94. The van der Waals surface area contributed by atoms with Gasteiger partial charge in [0.1, 0.15) is 5.54 Å². The van der Waals surface area contributed by atoms with Gasteiger partial charge in [0, 0.05) is 12.6 Å². The molecule has 6 nitrogen and oxygen atoms in total. The summed E-state index contributed by atoms with van der Waals surface area (Å²) < 4.78 is 0. The van der Waals surface area contributed by atoms with Gasteiger partial charge in [0.05, 0.1) is 12.6 Å². The molecule has 6 heteroatoms. The third-order valence-electron chi connectivity index (χ3n) is 6.58. The first-order chi connectivity index (χ1) is 17.0. The molecule has 1 saturated carbocycles. The number of amides is 3. The minimum absolute atomic E-state index is 0.167. The molecule has 0 unspecified atom stereocenters. The fraction of sp³-hybridized carbons (Fsp3) is 0.276. The van der Waals surface area contributed by atoms with E-state index in [9.17, 15) is 14.4 Å². The van der Waals surface area contributed by atoms with Gasteiger partial charge in [-0.2, -0.15) is 0 Å². The first-order valence-corrected chi connectivity index (χ1v) is 12.0. The molecular weight excluding hydrogens is 438 g/mol. The fourth-order valence-corrected chi connectivity index (χ4v) is 4.91. The molecule has 1 aliphatic carbocycles. The fourth-order valence-electron chi connectivity index (χ4n) is 4.91. The molecule has 4 rings (SSSR count). The van der Waals surface area contributed by atoms with Crippen LogP contribution in [0, 0.1) is 0 Å². The van der Waals surface area contributed by atoms with Gasteiger partial charge in [-0.15, -0.1) is 0 Å². The Morgan fingerprint density at radius 3 is 1.77 bits per heavy atom. The Morgan fingerprint density at radius 2 is 1.29 bits per heavy atom. The summed E-state index contributed by atoms with van der Waals surface area (Å²) in [6.45, 7) is 1.21. The summed E-state index contributed by atoms with van der Waals surface area (Å²) in [5.41, 5.74) is 1.54. The van der Waals surface area contributed by atoms with Crippen LogP contribution in [0.4, 0.5) is 5.69 Å². The summed E-state index contributed by atoms with van der Waals surface area (Å²) in [6.07, 6.45) is 2.78. The second kappa shape index (κ2) is 11.0. The number of carbonyl (C=O) groups is 3. The smallest absolute Gasteiger partial charge is 0.247 e. The van der Waals surface area contributed by atoms with E-state index in [1.807, 2.05) is 91.0 Å². The number of rotatable bonds is 8. The summed E-state index contributed by atoms with van der Waals surface area (Å²) in [4.78, 5) is 40.8. The third-order valence-corrected chi connectivity index (χ3v) is 6.58. The first kappa shape index (κ1) is 24.2. The van der Waals surface area contributed by atoms with E-state index < -0.39 is 5.54 Å². The normalized spacial score (nSPS) is 14.3. The summed E-state index contributed by atoms with van der Waals surface area (Å²) >= 11 is 0. The highest BCUT2D eigenvalue weighted by atomic mass is 16.2. The maximum absolute atomic E-state index is 14.2. The predicted octanol–water partition coefficient (Wildman–Crippen LogP) is 4.37. The third kappa shape index (κ3) is 5.43. The maximum atomic E-state index is 14.2. The van der Waals surface area contributed by atoms with E-state index in [2.05, 4.69) is 10.6 Å². The number of hydrogen-bond acceptors (Lipinski definition) is 3. The molecule has 0 bridgehead atoms. The highest BCUT2D eigenvalue weighted by Gasteiger charge is 2.49. The SMILES string of the molecule is CC(=O)NCC(=O)N(c1ccccc1)C1(C(=O)NC(c2ccccc2)c2ccccc2)CCCC1. The van der Waals surface area contributed by atoms with Crippen molar-refractivity contribution in [3.63, 3.8) is 0 Å². The van der Waals surface area contributed by atoms with Crippen molar-refractivity contribution in [2.75, 3.05) is 11.4 Å². The van der Waals surface area contributed by atoms with Crippen molar-refractivity contribution in [3.8, 4) is 0 Å². The molecule has 0 aromatic heterocycles. The van der Waals surface area contributed by atoms with Crippen LogP contribution in [-0.4, -0.2) is 29.8 Å². The molecule has 3 aromatic rings. The number of nitrogens with zero attached hydrogens (tertiary/aromatic N) is 1. The van der Waals surface area contributed by atoms with Crippen LogP contribution in [0.1, 0.15) is 49.8 Å². The van der Waals surface area contributed by atoms with Gasteiger partial charge < -0.3 is 10.6 Å². The number of para-hydroxylation sites is 1. The van der Waals surface area contributed by atoms with Crippen molar-refractivity contribution in [1.29, 1.82) is 0 Å². The maximum Gasteiger partial charge on any atom is 0.247 e. The summed E-state index contributed by atoms with van der Waals surface area (Å²) in [7, 11) is 0. The largest absolute Gasteiger partial charge is 0.347 e. The molecular formula is C29H31N3O3. The zero-order chi connectivity index (χ0) is 24.7. The number of carbonyl (C=O) groups excluding carboxylic acids is 3. The minimum Gasteiger partial charge on any atom is -0.347 e. The molecule has 0 aliphatic heterocycles. The highest BCUT2D eigenvalue weighted by Crippen LogP contribution is 2.39. The summed E-state index contributed by atoms with van der Waals surface area (Å²) in [5, 5.41) is 5.89. The van der Waals surface area contributed by atoms with E-state index in [4.69, 9.17) is 0 Å². The van der Waals surface area contributed by atoms with E-state index in [0.29, 0.717) is 18.5 Å². The Hall–Kier alpha value is -3.93. The number of anilines is 1. The van der Waals surface area contributed by atoms with E-state index in [-0.39, 0.29) is 30.3 Å². The van der Waals surface area contributed by atoms with E-state index >= 15 is 0 Å². The Balaban J connectivity index is 1.73. The van der Waals surface area contributed by atoms with Gasteiger partial charge in [-0.05, 0) is 36.1 Å². The molecule has 3 aromatic carbocycles. The van der Waals surface area contributed by atoms with Crippen LogP contribution in [0.5, 0.6) is 0 Å². The molecule has 0 spiro atoms. The Labute approximate surface area is 206 Å². The number of nitrogens with one attached hydrogen (secondary N) is 2. The van der Waals surface area contributed by atoms with E-state index in [0.717, 1.165) is 24.0 Å². The molecule has 180 valence electrons. The quantitative estimate of drug-likeness (QED) is 0.514. The molecule has 35 heavy (non-hydrogen) atoms. The highest BCUT2D eigenvalue weighted by molar-refractivity contribution is 6.05. The van der Waals surface area contributed by atoms with Crippen LogP contribution in [-0.2, 0) is 14.4 Å². The molecule has 0 radical (unpaired) electrons. The molecule has 0 saturated heterocycles. The standard InChI is InChI=1S/C29H31N3O3/c1-22(33)30-21-26(34)32(25-17-9-4-10-18-25)29(19-11-12-20-29)28(35)31-27(23-13-5-2-6-14-23)24-15-7-3-8-16-24/h2-10,13-18,27H,11-12,19-21H2,1H3,(H,30,33)(H,31,35). The average molecular weight is 470 g/mol. The zero-order valence-corrected chi connectivity index (χ0v) is 19.9. The lowest BCUT2D eigenvalue weighted by atomic mass is 9.90. The van der Waals surface area contributed by atoms with Crippen molar-refractivity contribution in [2.24, 2.45) is 0 Å². The lowest BCUT2D eigenvalue weighted by Gasteiger charge is -2.41. The summed E-state index contributed by atoms with van der Waals surface area (Å²) in [6, 6.07) is 28.6. The number of benzene rings is 3. The van der Waals surface area contributed by atoms with Crippen LogP contribution in [0.15, 0.2) is 91.0 Å². The van der Waals surface area contributed by atoms with Gasteiger partial charge in [-0.1, -0.05) is 91.7 Å². The van der Waals surface area contributed by atoms with E-state index in [1.54, 1.807) is 4.90 Å². The minimum atomic E-state index is -1.04. The van der Waals surface area contributed by atoms with Gasteiger partial charge in [0.15, 0.2) is 0 Å². The van der Waals surface area contributed by atoms with Gasteiger partial charge in [-0.25, -0.2) is 0 Å². The van der Waals surface area contributed by atoms with Crippen molar-refractivity contribution in [2.45, 2.75) is 44.2 Å². The Kier molecular flexibility index (Phi) is 7.60. The topological polar surface area (TPSA) is 78.5 Å². The first-order valence-electron chi connectivity index (χ1n) is 12.0.